The maximum Gasteiger partial charge on any atom is 0.363 e. The zero-order chi connectivity index (χ0) is 23.2. The van der Waals surface area contributed by atoms with E-state index in [-0.39, 0.29) is 5.70 Å². The van der Waals surface area contributed by atoms with Gasteiger partial charge in [0.1, 0.15) is 0 Å². The first-order valence-corrected chi connectivity index (χ1v) is 11.6. The number of nitrogens with zero attached hydrogens (tertiary/aromatic N) is 1. The minimum Gasteiger partial charge on any atom is -0.490 e. The van der Waals surface area contributed by atoms with Crippen molar-refractivity contribution in [2.75, 3.05) is 13.2 Å². The van der Waals surface area contributed by atoms with E-state index in [1.54, 1.807) is 6.08 Å². The molecule has 3 aromatic rings. The summed E-state index contributed by atoms with van der Waals surface area (Å²) in [6.45, 7) is 4.92. The van der Waals surface area contributed by atoms with E-state index in [4.69, 9.17) is 14.2 Å². The molecular weight excluding hydrogens is 482 g/mol. The number of esters is 1. The Bertz CT molecular complexity index is 1200. The molecule has 168 valence electrons. The molecule has 3 aromatic carbocycles. The highest BCUT2D eigenvalue weighted by Crippen LogP contribution is 2.38. The van der Waals surface area contributed by atoms with Crippen molar-refractivity contribution in [1.82, 2.24) is 0 Å². The largest absolute Gasteiger partial charge is 0.490 e. The van der Waals surface area contributed by atoms with E-state index in [1.807, 2.05) is 68.4 Å². The van der Waals surface area contributed by atoms with Crippen LogP contribution in [-0.2, 0) is 16.0 Å². The van der Waals surface area contributed by atoms with E-state index in [9.17, 15) is 4.79 Å². The van der Waals surface area contributed by atoms with Crippen LogP contribution in [0.25, 0.3) is 6.08 Å². The average Bonchev–Trinajstić information content (AvgIpc) is 3.17. The van der Waals surface area contributed by atoms with Crippen molar-refractivity contribution in [1.29, 1.82) is 0 Å². The van der Waals surface area contributed by atoms with Gasteiger partial charge < -0.3 is 14.2 Å². The average molecular weight is 506 g/mol. The quantitative estimate of drug-likeness (QED) is 0.273. The normalized spacial score (nSPS) is 14.2. The molecule has 33 heavy (non-hydrogen) atoms. The lowest BCUT2D eigenvalue weighted by atomic mass is 10.1. The maximum atomic E-state index is 12.4. The molecule has 1 aliphatic heterocycles. The SMILES string of the molecule is CCOc1cc(/C=C2\N=C(c3ccc(C)cc3)OC2=O)cc(Br)c1OCCc1ccccc1. The summed E-state index contributed by atoms with van der Waals surface area (Å²) in [7, 11) is 0. The van der Waals surface area contributed by atoms with Crippen LogP contribution in [0.2, 0.25) is 0 Å². The second-order valence-corrected chi connectivity index (χ2v) is 8.40. The number of carbonyl (C=O) groups excluding carboxylic acids is 1. The number of carbonyl (C=O) groups is 1. The van der Waals surface area contributed by atoms with Crippen LogP contribution in [0.5, 0.6) is 11.5 Å². The second kappa shape index (κ2) is 10.5. The van der Waals surface area contributed by atoms with Crippen molar-refractivity contribution in [3.05, 3.63) is 99.2 Å². The zero-order valence-electron chi connectivity index (χ0n) is 18.5. The van der Waals surface area contributed by atoms with Gasteiger partial charge in [-0.05, 0) is 71.2 Å². The lowest BCUT2D eigenvalue weighted by Crippen LogP contribution is -2.05. The molecule has 0 N–H and O–H groups in total. The summed E-state index contributed by atoms with van der Waals surface area (Å²) in [5.41, 5.74) is 4.07. The fourth-order valence-electron chi connectivity index (χ4n) is 3.38. The molecule has 0 unspecified atom stereocenters. The number of hydrogen-bond acceptors (Lipinski definition) is 5. The number of rotatable bonds is 8. The first-order valence-electron chi connectivity index (χ1n) is 10.8. The number of aryl methyl sites for hydroxylation is 1. The third-order valence-electron chi connectivity index (χ3n) is 5.03. The van der Waals surface area contributed by atoms with Crippen LogP contribution in [0.4, 0.5) is 0 Å². The van der Waals surface area contributed by atoms with E-state index in [1.165, 1.54) is 5.56 Å². The zero-order valence-corrected chi connectivity index (χ0v) is 20.1. The number of halogens is 1. The van der Waals surface area contributed by atoms with Gasteiger partial charge in [0.25, 0.3) is 0 Å². The Labute approximate surface area is 201 Å². The van der Waals surface area contributed by atoms with Crippen LogP contribution in [0, 0.1) is 6.92 Å². The number of cyclic esters (lactones) is 1. The molecule has 0 radical (unpaired) electrons. The number of hydrogen-bond donors (Lipinski definition) is 0. The molecule has 0 atom stereocenters. The Morgan fingerprint density at radius 1 is 1.03 bits per heavy atom. The Hall–Kier alpha value is -3.38. The maximum absolute atomic E-state index is 12.4. The van der Waals surface area contributed by atoms with Crippen molar-refractivity contribution in [3.63, 3.8) is 0 Å². The molecule has 0 amide bonds. The van der Waals surface area contributed by atoms with E-state index in [2.05, 4.69) is 33.1 Å². The monoisotopic (exact) mass is 505 g/mol. The van der Waals surface area contributed by atoms with E-state index >= 15 is 0 Å². The van der Waals surface area contributed by atoms with Gasteiger partial charge in [0.05, 0.1) is 17.7 Å². The summed E-state index contributed by atoms with van der Waals surface area (Å²) in [4.78, 5) is 16.8. The van der Waals surface area contributed by atoms with Crippen LogP contribution in [0.15, 0.2) is 81.9 Å². The van der Waals surface area contributed by atoms with E-state index in [0.29, 0.717) is 30.6 Å². The Morgan fingerprint density at radius 2 is 1.79 bits per heavy atom. The standard InChI is InChI=1S/C27H24BrNO4/c1-3-31-24-17-20(15-22(28)25(24)32-14-13-19-7-5-4-6-8-19)16-23-27(30)33-26(29-23)21-11-9-18(2)10-12-21/h4-12,15-17H,3,13-14H2,1-2H3/b23-16-. The first-order chi connectivity index (χ1) is 16.0. The lowest BCUT2D eigenvalue weighted by molar-refractivity contribution is -0.129. The van der Waals surface area contributed by atoms with Gasteiger partial charge in [-0.1, -0.05) is 48.0 Å². The molecule has 6 heteroatoms. The molecule has 0 saturated carbocycles. The van der Waals surface area contributed by atoms with Gasteiger partial charge in [0.15, 0.2) is 17.2 Å². The van der Waals surface area contributed by atoms with Crippen LogP contribution < -0.4 is 9.47 Å². The fraction of sp³-hybridized carbons (Fsp3) is 0.185. The van der Waals surface area contributed by atoms with E-state index in [0.717, 1.165) is 27.6 Å². The van der Waals surface area contributed by atoms with Gasteiger partial charge >= 0.3 is 5.97 Å². The summed E-state index contributed by atoms with van der Waals surface area (Å²) in [6, 6.07) is 21.6. The molecule has 0 saturated heterocycles. The third-order valence-corrected chi connectivity index (χ3v) is 5.62. The third kappa shape index (κ3) is 5.71. The van der Waals surface area contributed by atoms with Gasteiger partial charge in [-0.25, -0.2) is 9.79 Å². The van der Waals surface area contributed by atoms with Gasteiger partial charge in [0.2, 0.25) is 5.90 Å². The minimum absolute atomic E-state index is 0.234. The van der Waals surface area contributed by atoms with Crippen molar-refractivity contribution in [2.24, 2.45) is 4.99 Å². The second-order valence-electron chi connectivity index (χ2n) is 7.55. The fourth-order valence-corrected chi connectivity index (χ4v) is 3.95. The van der Waals surface area contributed by atoms with Gasteiger partial charge in [-0.3, -0.25) is 0 Å². The summed E-state index contributed by atoms with van der Waals surface area (Å²) < 4.78 is 18.0. The highest BCUT2D eigenvalue weighted by atomic mass is 79.9. The van der Waals surface area contributed by atoms with Crippen molar-refractivity contribution in [2.45, 2.75) is 20.3 Å². The van der Waals surface area contributed by atoms with Gasteiger partial charge in [-0.15, -0.1) is 0 Å². The van der Waals surface area contributed by atoms with Crippen LogP contribution >= 0.6 is 15.9 Å². The molecule has 0 fully saturated rings. The topological polar surface area (TPSA) is 57.1 Å². The van der Waals surface area contributed by atoms with Crippen molar-refractivity contribution >= 4 is 33.9 Å². The Morgan fingerprint density at radius 3 is 2.52 bits per heavy atom. The molecule has 0 spiro atoms. The predicted octanol–water partition coefficient (Wildman–Crippen LogP) is 6.12. The van der Waals surface area contributed by atoms with E-state index < -0.39 is 5.97 Å². The van der Waals surface area contributed by atoms with Crippen LogP contribution in [-0.4, -0.2) is 25.1 Å². The van der Waals surface area contributed by atoms with Crippen molar-refractivity contribution in [3.8, 4) is 11.5 Å². The molecule has 1 aliphatic rings. The number of aliphatic imine (C=N–C) groups is 1. The molecule has 0 aliphatic carbocycles. The molecule has 5 nitrogen and oxygen atoms in total. The number of benzene rings is 3. The lowest BCUT2D eigenvalue weighted by Gasteiger charge is -2.15. The molecule has 0 aromatic heterocycles. The van der Waals surface area contributed by atoms with Crippen molar-refractivity contribution < 1.29 is 19.0 Å². The summed E-state index contributed by atoms with van der Waals surface area (Å²) in [5, 5.41) is 0. The number of ether oxygens (including phenoxy) is 3. The molecule has 0 bridgehead atoms. The molecule has 1 heterocycles. The Balaban J connectivity index is 1.55. The van der Waals surface area contributed by atoms with Gasteiger partial charge in [-0.2, -0.15) is 0 Å². The highest BCUT2D eigenvalue weighted by Gasteiger charge is 2.24. The summed E-state index contributed by atoms with van der Waals surface area (Å²) >= 11 is 3.59. The van der Waals surface area contributed by atoms with Gasteiger partial charge in [0, 0.05) is 12.0 Å². The Kier molecular flexibility index (Phi) is 7.25. The summed E-state index contributed by atoms with van der Waals surface area (Å²) in [6.07, 6.45) is 2.47. The van der Waals surface area contributed by atoms with Crippen LogP contribution in [0.1, 0.15) is 29.2 Å². The summed E-state index contributed by atoms with van der Waals surface area (Å²) in [5.74, 6) is 1.05. The highest BCUT2D eigenvalue weighted by molar-refractivity contribution is 9.10. The molecule has 4 rings (SSSR count). The minimum atomic E-state index is -0.483. The smallest absolute Gasteiger partial charge is 0.363 e. The first kappa shape index (κ1) is 22.8. The van der Waals surface area contributed by atoms with Crippen LogP contribution in [0.3, 0.4) is 0 Å². The molecular formula is C27H24BrNO4. The predicted molar refractivity (Wildman–Crippen MR) is 133 cm³/mol.